The molecule has 3 N–H and O–H groups in total. The lowest BCUT2D eigenvalue weighted by Crippen LogP contribution is -2.50. The number of piperazine rings is 1. The number of nitrogen functional groups attached to an aromatic ring is 1. The Morgan fingerprint density at radius 2 is 2.25 bits per heavy atom. The third-order valence-electron chi connectivity index (χ3n) is 3.87. The molecule has 0 saturated carbocycles. The number of hydrogen-bond acceptors (Lipinski definition) is 4. The zero-order chi connectivity index (χ0) is 14.5. The normalized spacial score (nSPS) is 20.8. The first-order chi connectivity index (χ1) is 9.54. The summed E-state index contributed by atoms with van der Waals surface area (Å²) in [5, 5.41) is 2.89. The molecule has 0 radical (unpaired) electrons. The first-order valence-corrected chi connectivity index (χ1v) is 7.12. The zero-order valence-electron chi connectivity index (χ0n) is 12.3. The number of nitrogens with zero attached hydrogens (tertiary/aromatic N) is 2. The lowest BCUT2D eigenvalue weighted by atomic mass is 10.2. The smallest absolute Gasteiger partial charge is 0.225 e. The van der Waals surface area contributed by atoms with Crippen molar-refractivity contribution in [2.75, 3.05) is 44.3 Å². The summed E-state index contributed by atoms with van der Waals surface area (Å²) in [5.41, 5.74) is 7.12. The predicted octanol–water partition coefficient (Wildman–Crippen LogP) is 1.23. The fourth-order valence-corrected chi connectivity index (χ4v) is 2.43. The number of anilines is 2. The summed E-state index contributed by atoms with van der Waals surface area (Å²) in [7, 11) is 2.15. The van der Waals surface area contributed by atoms with Gasteiger partial charge in [0.15, 0.2) is 0 Å². The molecule has 1 heterocycles. The highest BCUT2D eigenvalue weighted by atomic mass is 16.1. The van der Waals surface area contributed by atoms with Gasteiger partial charge in [0.1, 0.15) is 0 Å². The number of amides is 1. The van der Waals surface area contributed by atoms with Crippen LogP contribution in [0.4, 0.5) is 11.4 Å². The summed E-state index contributed by atoms with van der Waals surface area (Å²) in [4.78, 5) is 16.6. The van der Waals surface area contributed by atoms with Crippen molar-refractivity contribution in [1.82, 2.24) is 9.80 Å². The van der Waals surface area contributed by atoms with E-state index in [9.17, 15) is 4.79 Å². The quantitative estimate of drug-likeness (QED) is 0.812. The van der Waals surface area contributed by atoms with Crippen molar-refractivity contribution in [1.29, 1.82) is 0 Å². The number of carbonyl (C=O) groups is 1. The van der Waals surface area contributed by atoms with Crippen LogP contribution in [0.1, 0.15) is 13.3 Å². The molecule has 1 aliphatic heterocycles. The molecular formula is C15H24N4O. The van der Waals surface area contributed by atoms with Gasteiger partial charge in [-0.15, -0.1) is 0 Å². The van der Waals surface area contributed by atoms with E-state index in [1.54, 1.807) is 12.1 Å². The number of likely N-dealkylation sites (N-methyl/N-ethyl adjacent to an activating group) is 1. The standard InChI is InChI=1S/C15H24N4O/c1-12-11-19(9-8-18(12)2)7-6-15(20)17-14-5-3-4-13(16)10-14/h3-5,10,12H,6-9,11,16H2,1-2H3,(H,17,20). The Morgan fingerprint density at radius 3 is 2.95 bits per heavy atom. The van der Waals surface area contributed by atoms with E-state index in [2.05, 4.69) is 29.1 Å². The van der Waals surface area contributed by atoms with Crippen LogP contribution in [0.3, 0.4) is 0 Å². The highest BCUT2D eigenvalue weighted by molar-refractivity contribution is 5.91. The van der Waals surface area contributed by atoms with Gasteiger partial charge in [-0.05, 0) is 32.2 Å². The van der Waals surface area contributed by atoms with Gasteiger partial charge in [-0.2, -0.15) is 0 Å². The van der Waals surface area contributed by atoms with Gasteiger partial charge in [0.2, 0.25) is 5.91 Å². The number of hydrogen-bond donors (Lipinski definition) is 2. The zero-order valence-corrected chi connectivity index (χ0v) is 12.3. The molecule has 5 heteroatoms. The van der Waals surface area contributed by atoms with Gasteiger partial charge in [-0.3, -0.25) is 4.79 Å². The van der Waals surface area contributed by atoms with Gasteiger partial charge in [0.05, 0.1) is 0 Å². The van der Waals surface area contributed by atoms with Crippen LogP contribution in [0.25, 0.3) is 0 Å². The molecule has 5 nitrogen and oxygen atoms in total. The minimum Gasteiger partial charge on any atom is -0.399 e. The van der Waals surface area contributed by atoms with E-state index < -0.39 is 0 Å². The Bertz CT molecular complexity index is 463. The number of rotatable bonds is 4. The number of carbonyl (C=O) groups excluding carboxylic acids is 1. The van der Waals surface area contributed by atoms with Crippen LogP contribution in [0.5, 0.6) is 0 Å². The Labute approximate surface area is 120 Å². The Kier molecular flexibility index (Phi) is 4.98. The maximum Gasteiger partial charge on any atom is 0.225 e. The molecule has 1 unspecified atom stereocenters. The second kappa shape index (κ2) is 6.72. The molecule has 1 atom stereocenters. The van der Waals surface area contributed by atoms with Crippen LogP contribution >= 0.6 is 0 Å². The first kappa shape index (κ1) is 14.8. The molecule has 20 heavy (non-hydrogen) atoms. The van der Waals surface area contributed by atoms with Crippen LogP contribution in [0, 0.1) is 0 Å². The van der Waals surface area contributed by atoms with Crippen LogP contribution in [-0.4, -0.2) is 55.0 Å². The van der Waals surface area contributed by atoms with Crippen molar-refractivity contribution >= 4 is 17.3 Å². The van der Waals surface area contributed by atoms with Gasteiger partial charge in [0.25, 0.3) is 0 Å². The van der Waals surface area contributed by atoms with Crippen LogP contribution < -0.4 is 11.1 Å². The van der Waals surface area contributed by atoms with Crippen molar-refractivity contribution in [3.05, 3.63) is 24.3 Å². The second-order valence-electron chi connectivity index (χ2n) is 5.55. The molecule has 1 aromatic rings. The SMILES string of the molecule is CC1CN(CCC(=O)Nc2cccc(N)c2)CCN1C. The number of benzene rings is 1. The monoisotopic (exact) mass is 276 g/mol. The molecule has 0 aromatic heterocycles. The van der Waals surface area contributed by atoms with Crippen LogP contribution in [0.2, 0.25) is 0 Å². The van der Waals surface area contributed by atoms with Gasteiger partial charge in [0, 0.05) is 50.0 Å². The van der Waals surface area contributed by atoms with Crippen molar-refractivity contribution in [2.24, 2.45) is 0 Å². The van der Waals surface area contributed by atoms with Gasteiger partial charge >= 0.3 is 0 Å². The van der Waals surface area contributed by atoms with E-state index in [1.165, 1.54) is 0 Å². The second-order valence-corrected chi connectivity index (χ2v) is 5.55. The Balaban J connectivity index is 1.75. The molecule has 1 aliphatic rings. The fourth-order valence-electron chi connectivity index (χ4n) is 2.43. The molecule has 0 spiro atoms. The molecule has 0 aliphatic carbocycles. The van der Waals surface area contributed by atoms with E-state index in [1.807, 2.05) is 12.1 Å². The summed E-state index contributed by atoms with van der Waals surface area (Å²) >= 11 is 0. The van der Waals surface area contributed by atoms with Gasteiger partial charge in [-0.1, -0.05) is 6.07 Å². The molecule has 1 fully saturated rings. The minimum absolute atomic E-state index is 0.0437. The van der Waals surface area contributed by atoms with E-state index in [4.69, 9.17) is 5.73 Å². The molecule has 1 saturated heterocycles. The lowest BCUT2D eigenvalue weighted by Gasteiger charge is -2.37. The summed E-state index contributed by atoms with van der Waals surface area (Å²) in [5.74, 6) is 0.0437. The van der Waals surface area contributed by atoms with Crippen LogP contribution in [-0.2, 0) is 4.79 Å². The fraction of sp³-hybridized carbons (Fsp3) is 0.533. The van der Waals surface area contributed by atoms with Crippen LogP contribution in [0.15, 0.2) is 24.3 Å². The molecule has 0 bridgehead atoms. The van der Waals surface area contributed by atoms with Gasteiger partial charge in [-0.25, -0.2) is 0 Å². The third-order valence-corrected chi connectivity index (χ3v) is 3.87. The molecule has 2 rings (SSSR count). The summed E-state index contributed by atoms with van der Waals surface area (Å²) in [6.45, 7) is 6.16. The molecule has 1 aromatic carbocycles. The van der Waals surface area contributed by atoms with Gasteiger partial charge < -0.3 is 20.9 Å². The molecular weight excluding hydrogens is 252 g/mol. The van der Waals surface area contributed by atoms with E-state index in [-0.39, 0.29) is 5.91 Å². The number of nitrogens with one attached hydrogen (secondary N) is 1. The van der Waals surface area contributed by atoms with E-state index in [0.717, 1.165) is 31.9 Å². The largest absolute Gasteiger partial charge is 0.399 e. The average Bonchev–Trinajstić information content (AvgIpc) is 2.40. The third kappa shape index (κ3) is 4.21. The maximum absolute atomic E-state index is 11.9. The Hall–Kier alpha value is -1.59. The topological polar surface area (TPSA) is 61.6 Å². The van der Waals surface area contributed by atoms with E-state index >= 15 is 0 Å². The average molecular weight is 276 g/mol. The Morgan fingerprint density at radius 1 is 1.45 bits per heavy atom. The lowest BCUT2D eigenvalue weighted by molar-refractivity contribution is -0.116. The van der Waals surface area contributed by atoms with Crippen molar-refractivity contribution in [3.63, 3.8) is 0 Å². The van der Waals surface area contributed by atoms with Crippen molar-refractivity contribution in [2.45, 2.75) is 19.4 Å². The number of nitrogens with two attached hydrogens (primary N) is 1. The van der Waals surface area contributed by atoms with Crippen molar-refractivity contribution in [3.8, 4) is 0 Å². The minimum atomic E-state index is 0.0437. The summed E-state index contributed by atoms with van der Waals surface area (Å²) in [6.07, 6.45) is 0.519. The van der Waals surface area contributed by atoms with Crippen molar-refractivity contribution < 1.29 is 4.79 Å². The molecule has 110 valence electrons. The summed E-state index contributed by atoms with van der Waals surface area (Å²) in [6, 6.07) is 7.83. The first-order valence-electron chi connectivity index (χ1n) is 7.12. The highest BCUT2D eigenvalue weighted by Gasteiger charge is 2.20. The molecule has 1 amide bonds. The van der Waals surface area contributed by atoms with E-state index in [0.29, 0.717) is 18.2 Å². The highest BCUT2D eigenvalue weighted by Crippen LogP contribution is 2.12. The summed E-state index contributed by atoms with van der Waals surface area (Å²) < 4.78 is 0. The maximum atomic E-state index is 11.9. The predicted molar refractivity (Wildman–Crippen MR) is 82.6 cm³/mol.